The van der Waals surface area contributed by atoms with Crippen LogP contribution >= 0.6 is 23.1 Å². The Morgan fingerprint density at radius 3 is 2.95 bits per heavy atom. The summed E-state index contributed by atoms with van der Waals surface area (Å²) in [4.78, 5) is 12.6. The Balaban J connectivity index is 1.92. The molecule has 0 atom stereocenters. The van der Waals surface area contributed by atoms with Gasteiger partial charge in [0.2, 0.25) is 0 Å². The van der Waals surface area contributed by atoms with Gasteiger partial charge in [-0.15, -0.1) is 21.5 Å². The minimum Gasteiger partial charge on any atom is -0.344 e. The quantitative estimate of drug-likeness (QED) is 0.833. The number of nitrogens with zero attached hydrogens (tertiary/aromatic N) is 3. The zero-order valence-electron chi connectivity index (χ0n) is 11.8. The molecular formula is C13H18N4OS2. The first-order chi connectivity index (χ1) is 9.58. The van der Waals surface area contributed by atoms with Gasteiger partial charge in [-0.3, -0.25) is 4.79 Å². The molecule has 0 radical (unpaired) electrons. The van der Waals surface area contributed by atoms with E-state index >= 15 is 0 Å². The molecule has 0 aliphatic carbocycles. The standard InChI is InChI=1S/C13H18N4OS2/c1-9(2)8-20-13-16-15-11(17(13)3)7-14-12(18)10-5-4-6-19-10/h4-6,9H,7-8H2,1-3H3,(H,14,18). The maximum Gasteiger partial charge on any atom is 0.261 e. The number of aromatic nitrogens is 3. The van der Waals surface area contributed by atoms with Crippen LogP contribution in [0.3, 0.4) is 0 Å². The minimum absolute atomic E-state index is 0.0700. The summed E-state index contributed by atoms with van der Waals surface area (Å²) in [5, 5.41) is 13.9. The van der Waals surface area contributed by atoms with Gasteiger partial charge in [-0.1, -0.05) is 31.7 Å². The number of nitrogens with one attached hydrogen (secondary N) is 1. The predicted molar refractivity (Wildman–Crippen MR) is 82.1 cm³/mol. The van der Waals surface area contributed by atoms with Crippen LogP contribution in [0.25, 0.3) is 0 Å². The topological polar surface area (TPSA) is 59.8 Å². The smallest absolute Gasteiger partial charge is 0.261 e. The maximum atomic E-state index is 11.8. The molecule has 1 amide bonds. The zero-order valence-corrected chi connectivity index (χ0v) is 13.4. The predicted octanol–water partition coefficient (Wildman–Crippen LogP) is 2.55. The normalized spacial score (nSPS) is 11.0. The number of thioether (sulfide) groups is 1. The largest absolute Gasteiger partial charge is 0.344 e. The summed E-state index contributed by atoms with van der Waals surface area (Å²) in [5.74, 6) is 2.31. The number of amides is 1. The van der Waals surface area contributed by atoms with Gasteiger partial charge in [-0.25, -0.2) is 0 Å². The van der Waals surface area contributed by atoms with Gasteiger partial charge in [0.1, 0.15) is 0 Å². The molecule has 2 aromatic heterocycles. The maximum absolute atomic E-state index is 11.8. The van der Waals surface area contributed by atoms with Crippen molar-refractivity contribution < 1.29 is 4.79 Å². The molecule has 2 aromatic rings. The van der Waals surface area contributed by atoms with E-state index in [2.05, 4.69) is 29.4 Å². The number of thiophene rings is 1. The van der Waals surface area contributed by atoms with Gasteiger partial charge in [-0.05, 0) is 17.4 Å². The van der Waals surface area contributed by atoms with E-state index in [0.717, 1.165) is 16.7 Å². The van der Waals surface area contributed by atoms with E-state index in [9.17, 15) is 4.79 Å². The van der Waals surface area contributed by atoms with Crippen molar-refractivity contribution in [1.82, 2.24) is 20.1 Å². The first-order valence-corrected chi connectivity index (χ1v) is 8.27. The van der Waals surface area contributed by atoms with E-state index in [4.69, 9.17) is 0 Å². The third-order valence-corrected chi connectivity index (χ3v) is 4.94. The Morgan fingerprint density at radius 2 is 2.30 bits per heavy atom. The van der Waals surface area contributed by atoms with Crippen LogP contribution in [-0.2, 0) is 13.6 Å². The van der Waals surface area contributed by atoms with Crippen molar-refractivity contribution >= 4 is 29.0 Å². The van der Waals surface area contributed by atoms with E-state index < -0.39 is 0 Å². The van der Waals surface area contributed by atoms with Crippen LogP contribution in [0, 0.1) is 5.92 Å². The van der Waals surface area contributed by atoms with E-state index in [1.54, 1.807) is 17.8 Å². The molecule has 0 bridgehead atoms. The molecular weight excluding hydrogens is 292 g/mol. The van der Waals surface area contributed by atoms with Crippen molar-refractivity contribution in [2.24, 2.45) is 13.0 Å². The summed E-state index contributed by atoms with van der Waals surface area (Å²) >= 11 is 3.11. The third-order valence-electron chi connectivity index (χ3n) is 2.62. The van der Waals surface area contributed by atoms with Crippen LogP contribution in [0.5, 0.6) is 0 Å². The summed E-state index contributed by atoms with van der Waals surface area (Å²) in [5.41, 5.74) is 0. The average Bonchev–Trinajstić information content (AvgIpc) is 3.04. The molecule has 1 N–H and O–H groups in total. The highest BCUT2D eigenvalue weighted by Gasteiger charge is 2.12. The van der Waals surface area contributed by atoms with Gasteiger partial charge in [0, 0.05) is 12.8 Å². The number of hydrogen-bond donors (Lipinski definition) is 1. The van der Waals surface area contributed by atoms with E-state index in [0.29, 0.717) is 17.3 Å². The van der Waals surface area contributed by atoms with Crippen molar-refractivity contribution in [3.05, 3.63) is 28.2 Å². The Hall–Kier alpha value is -1.34. The molecule has 0 fully saturated rings. The highest BCUT2D eigenvalue weighted by Crippen LogP contribution is 2.18. The van der Waals surface area contributed by atoms with Gasteiger partial charge in [0.15, 0.2) is 11.0 Å². The number of rotatable bonds is 6. The minimum atomic E-state index is -0.0700. The lowest BCUT2D eigenvalue weighted by Crippen LogP contribution is -2.23. The first-order valence-electron chi connectivity index (χ1n) is 6.40. The fraction of sp³-hybridized carbons (Fsp3) is 0.462. The SMILES string of the molecule is CC(C)CSc1nnc(CNC(=O)c2cccs2)n1C. The van der Waals surface area contributed by atoms with Gasteiger partial charge in [-0.2, -0.15) is 0 Å². The summed E-state index contributed by atoms with van der Waals surface area (Å²) < 4.78 is 1.93. The van der Waals surface area contributed by atoms with Crippen LogP contribution in [0.15, 0.2) is 22.7 Å². The number of carbonyl (C=O) groups excluding carboxylic acids is 1. The van der Waals surface area contributed by atoms with E-state index in [1.807, 2.05) is 23.1 Å². The third kappa shape index (κ3) is 3.83. The molecule has 0 spiro atoms. The lowest BCUT2D eigenvalue weighted by Gasteiger charge is -2.06. The fourth-order valence-electron chi connectivity index (χ4n) is 1.52. The second kappa shape index (κ2) is 6.90. The molecule has 5 nitrogen and oxygen atoms in total. The van der Waals surface area contributed by atoms with Gasteiger partial charge in [0.05, 0.1) is 11.4 Å². The van der Waals surface area contributed by atoms with Crippen molar-refractivity contribution in [2.75, 3.05) is 5.75 Å². The highest BCUT2D eigenvalue weighted by atomic mass is 32.2. The van der Waals surface area contributed by atoms with E-state index in [-0.39, 0.29) is 5.91 Å². The van der Waals surface area contributed by atoms with Crippen LogP contribution in [0.4, 0.5) is 0 Å². The molecule has 0 aliphatic heterocycles. The van der Waals surface area contributed by atoms with Gasteiger partial charge < -0.3 is 9.88 Å². The Labute approximate surface area is 126 Å². The lowest BCUT2D eigenvalue weighted by atomic mass is 10.3. The average molecular weight is 310 g/mol. The number of carbonyl (C=O) groups is 1. The zero-order chi connectivity index (χ0) is 14.5. The molecule has 2 rings (SSSR count). The fourth-order valence-corrected chi connectivity index (χ4v) is 3.04. The Bertz CT molecular complexity index is 563. The van der Waals surface area contributed by atoms with Crippen molar-refractivity contribution in [1.29, 1.82) is 0 Å². The molecule has 0 aliphatic rings. The van der Waals surface area contributed by atoms with Crippen LogP contribution in [0.1, 0.15) is 29.3 Å². The Morgan fingerprint density at radius 1 is 1.50 bits per heavy atom. The highest BCUT2D eigenvalue weighted by molar-refractivity contribution is 7.99. The summed E-state index contributed by atoms with van der Waals surface area (Å²) in [7, 11) is 1.93. The van der Waals surface area contributed by atoms with Crippen molar-refractivity contribution in [3.63, 3.8) is 0 Å². The Kier molecular flexibility index (Phi) is 5.19. The molecule has 0 aromatic carbocycles. The summed E-state index contributed by atoms with van der Waals surface area (Å²) in [6.07, 6.45) is 0. The van der Waals surface area contributed by atoms with Crippen molar-refractivity contribution in [3.8, 4) is 0 Å². The van der Waals surface area contributed by atoms with Gasteiger partial charge >= 0.3 is 0 Å². The molecule has 0 saturated heterocycles. The molecule has 7 heteroatoms. The summed E-state index contributed by atoms with van der Waals surface area (Å²) in [6, 6.07) is 3.67. The van der Waals surface area contributed by atoms with Gasteiger partial charge in [0.25, 0.3) is 5.91 Å². The molecule has 0 saturated carbocycles. The van der Waals surface area contributed by atoms with Crippen LogP contribution in [-0.4, -0.2) is 26.4 Å². The monoisotopic (exact) mass is 310 g/mol. The van der Waals surface area contributed by atoms with Crippen LogP contribution in [0.2, 0.25) is 0 Å². The van der Waals surface area contributed by atoms with Crippen LogP contribution < -0.4 is 5.32 Å². The lowest BCUT2D eigenvalue weighted by molar-refractivity contribution is 0.0953. The summed E-state index contributed by atoms with van der Waals surface area (Å²) in [6.45, 7) is 4.74. The molecule has 108 valence electrons. The molecule has 0 unspecified atom stereocenters. The van der Waals surface area contributed by atoms with Crippen molar-refractivity contribution in [2.45, 2.75) is 25.5 Å². The molecule has 2 heterocycles. The first kappa shape index (κ1) is 15.1. The number of hydrogen-bond acceptors (Lipinski definition) is 5. The molecule has 20 heavy (non-hydrogen) atoms. The van der Waals surface area contributed by atoms with E-state index in [1.165, 1.54) is 11.3 Å². The second-order valence-corrected chi connectivity index (χ2v) is 6.76. The second-order valence-electron chi connectivity index (χ2n) is 4.82.